The molecule has 0 aromatic heterocycles. The fourth-order valence-corrected chi connectivity index (χ4v) is 2.47. The van der Waals surface area contributed by atoms with Crippen molar-refractivity contribution in [3.63, 3.8) is 0 Å². The minimum Gasteiger partial charge on any atom is -0.477 e. The van der Waals surface area contributed by atoms with Crippen LogP contribution in [0.3, 0.4) is 0 Å². The standard InChI is InChI=1S/C13H16N2O5/c1-8(16)9-4-5-14(7-9)10-2-3-12(15(19)20)11(6-10)13(17)18/h2-3,6,8-9,16H,4-5,7H2,1H3,(H,17,18). The molecule has 0 aliphatic carbocycles. The molecule has 1 aromatic carbocycles. The van der Waals surface area contributed by atoms with E-state index in [0.717, 1.165) is 6.42 Å². The van der Waals surface area contributed by atoms with E-state index in [2.05, 4.69) is 0 Å². The number of benzene rings is 1. The Morgan fingerprint density at radius 3 is 2.75 bits per heavy atom. The summed E-state index contributed by atoms with van der Waals surface area (Å²) in [7, 11) is 0. The average molecular weight is 280 g/mol. The molecule has 0 bridgehead atoms. The number of hydrogen-bond acceptors (Lipinski definition) is 5. The maximum absolute atomic E-state index is 11.1. The first kappa shape index (κ1) is 14.3. The van der Waals surface area contributed by atoms with Crippen molar-refractivity contribution in [1.29, 1.82) is 0 Å². The second-order valence-corrected chi connectivity index (χ2v) is 5.00. The maximum Gasteiger partial charge on any atom is 0.342 e. The zero-order chi connectivity index (χ0) is 14.9. The Balaban J connectivity index is 2.28. The number of aromatic carboxylic acids is 1. The number of nitro benzene ring substituents is 1. The first-order valence-corrected chi connectivity index (χ1v) is 6.35. The summed E-state index contributed by atoms with van der Waals surface area (Å²) in [6.45, 7) is 3.05. The van der Waals surface area contributed by atoms with E-state index in [0.29, 0.717) is 18.8 Å². The number of hydrogen-bond donors (Lipinski definition) is 2. The van der Waals surface area contributed by atoms with Gasteiger partial charge >= 0.3 is 5.97 Å². The molecule has 1 aliphatic rings. The van der Waals surface area contributed by atoms with Crippen LogP contribution in [0.1, 0.15) is 23.7 Å². The fourth-order valence-electron chi connectivity index (χ4n) is 2.47. The largest absolute Gasteiger partial charge is 0.477 e. The zero-order valence-electron chi connectivity index (χ0n) is 11.0. The number of carboxylic acids is 1. The summed E-state index contributed by atoms with van der Waals surface area (Å²) >= 11 is 0. The second kappa shape index (κ2) is 5.46. The van der Waals surface area contributed by atoms with Gasteiger partial charge in [-0.2, -0.15) is 0 Å². The van der Waals surface area contributed by atoms with Crippen LogP contribution in [0, 0.1) is 16.0 Å². The molecule has 2 atom stereocenters. The molecule has 7 nitrogen and oxygen atoms in total. The van der Waals surface area contributed by atoms with Crippen LogP contribution in [0.2, 0.25) is 0 Å². The predicted molar refractivity (Wildman–Crippen MR) is 72.1 cm³/mol. The number of nitrogens with zero attached hydrogens (tertiary/aromatic N) is 2. The predicted octanol–water partition coefficient (Wildman–Crippen LogP) is 1.50. The monoisotopic (exact) mass is 280 g/mol. The van der Waals surface area contributed by atoms with Crippen molar-refractivity contribution in [2.45, 2.75) is 19.4 Å². The summed E-state index contributed by atoms with van der Waals surface area (Å²) in [4.78, 5) is 23.1. The molecule has 1 fully saturated rings. The van der Waals surface area contributed by atoms with Gasteiger partial charge in [-0.05, 0) is 25.5 Å². The quantitative estimate of drug-likeness (QED) is 0.639. The van der Waals surface area contributed by atoms with Crippen LogP contribution in [0.5, 0.6) is 0 Å². The van der Waals surface area contributed by atoms with Gasteiger partial charge in [-0.15, -0.1) is 0 Å². The summed E-state index contributed by atoms with van der Waals surface area (Å²) in [5.74, 6) is -1.18. The highest BCUT2D eigenvalue weighted by atomic mass is 16.6. The summed E-state index contributed by atoms with van der Waals surface area (Å²) in [6, 6.07) is 4.09. The SMILES string of the molecule is CC(O)C1CCN(c2ccc([N+](=O)[O-])c(C(=O)O)c2)C1. The van der Waals surface area contributed by atoms with Crippen LogP contribution in [0.15, 0.2) is 18.2 Å². The van der Waals surface area contributed by atoms with Crippen molar-refractivity contribution in [3.05, 3.63) is 33.9 Å². The molecule has 0 spiro atoms. The molecule has 0 radical (unpaired) electrons. The molecule has 1 saturated heterocycles. The molecule has 0 saturated carbocycles. The molecular formula is C13H16N2O5. The molecule has 1 aliphatic heterocycles. The van der Waals surface area contributed by atoms with Gasteiger partial charge in [0.2, 0.25) is 0 Å². The Morgan fingerprint density at radius 1 is 1.55 bits per heavy atom. The van der Waals surface area contributed by atoms with Crippen LogP contribution in [0.4, 0.5) is 11.4 Å². The Labute approximate surface area is 115 Å². The summed E-state index contributed by atoms with van der Waals surface area (Å²) < 4.78 is 0. The summed E-state index contributed by atoms with van der Waals surface area (Å²) in [5.41, 5.74) is -0.0864. The van der Waals surface area contributed by atoms with Gasteiger partial charge in [0.05, 0.1) is 11.0 Å². The lowest BCUT2D eigenvalue weighted by molar-refractivity contribution is -0.385. The van der Waals surface area contributed by atoms with E-state index in [-0.39, 0.29) is 11.5 Å². The van der Waals surface area contributed by atoms with Crippen LogP contribution in [-0.2, 0) is 0 Å². The van der Waals surface area contributed by atoms with Gasteiger partial charge in [0.1, 0.15) is 5.56 Å². The number of carbonyl (C=O) groups is 1. The van der Waals surface area contributed by atoms with Crippen molar-refractivity contribution < 1.29 is 19.9 Å². The highest BCUT2D eigenvalue weighted by Gasteiger charge is 2.28. The lowest BCUT2D eigenvalue weighted by Crippen LogP contribution is -2.24. The third kappa shape index (κ3) is 2.72. The molecule has 1 aromatic rings. The lowest BCUT2D eigenvalue weighted by Gasteiger charge is -2.20. The zero-order valence-corrected chi connectivity index (χ0v) is 11.0. The van der Waals surface area contributed by atoms with Crippen molar-refractivity contribution in [3.8, 4) is 0 Å². The molecular weight excluding hydrogens is 264 g/mol. The molecule has 2 N–H and O–H groups in total. The van der Waals surface area contributed by atoms with Crippen molar-refractivity contribution in [1.82, 2.24) is 0 Å². The third-order valence-electron chi connectivity index (χ3n) is 3.68. The third-order valence-corrected chi connectivity index (χ3v) is 3.68. The fraction of sp³-hybridized carbons (Fsp3) is 0.462. The molecule has 7 heteroatoms. The Morgan fingerprint density at radius 2 is 2.25 bits per heavy atom. The van der Waals surface area contributed by atoms with E-state index >= 15 is 0 Å². The van der Waals surface area contributed by atoms with Gasteiger partial charge in [-0.1, -0.05) is 0 Å². The molecule has 0 amide bonds. The molecule has 108 valence electrons. The molecule has 2 unspecified atom stereocenters. The van der Waals surface area contributed by atoms with E-state index in [9.17, 15) is 20.0 Å². The Bertz CT molecular complexity index is 544. The van der Waals surface area contributed by atoms with E-state index in [1.807, 2.05) is 4.90 Å². The van der Waals surface area contributed by atoms with Gasteiger partial charge in [-0.3, -0.25) is 10.1 Å². The van der Waals surface area contributed by atoms with E-state index < -0.39 is 22.7 Å². The Kier molecular flexibility index (Phi) is 3.89. The highest BCUT2D eigenvalue weighted by molar-refractivity contribution is 5.93. The van der Waals surface area contributed by atoms with Crippen LogP contribution in [-0.4, -0.2) is 40.3 Å². The summed E-state index contributed by atoms with van der Waals surface area (Å²) in [6.07, 6.45) is 0.397. The molecule has 20 heavy (non-hydrogen) atoms. The first-order chi connectivity index (χ1) is 9.40. The summed E-state index contributed by atoms with van der Waals surface area (Å²) in [5, 5.41) is 29.4. The van der Waals surface area contributed by atoms with Crippen LogP contribution >= 0.6 is 0 Å². The number of nitro groups is 1. The van der Waals surface area contributed by atoms with Crippen molar-refractivity contribution in [2.24, 2.45) is 5.92 Å². The van der Waals surface area contributed by atoms with Crippen LogP contribution in [0.25, 0.3) is 0 Å². The minimum atomic E-state index is -1.31. The average Bonchev–Trinajstić information content (AvgIpc) is 2.87. The molecule has 1 heterocycles. The highest BCUT2D eigenvalue weighted by Crippen LogP contribution is 2.29. The van der Waals surface area contributed by atoms with Crippen molar-refractivity contribution in [2.75, 3.05) is 18.0 Å². The number of carboxylic acid groups (broad SMARTS) is 1. The maximum atomic E-state index is 11.1. The minimum absolute atomic E-state index is 0.137. The Hall–Kier alpha value is -2.15. The molecule has 2 rings (SSSR count). The first-order valence-electron chi connectivity index (χ1n) is 6.35. The number of aliphatic hydroxyl groups is 1. The number of aliphatic hydroxyl groups excluding tert-OH is 1. The lowest BCUT2D eigenvalue weighted by atomic mass is 10.0. The van der Waals surface area contributed by atoms with Gasteiger partial charge in [-0.25, -0.2) is 4.79 Å². The number of anilines is 1. The second-order valence-electron chi connectivity index (χ2n) is 5.00. The van der Waals surface area contributed by atoms with Gasteiger partial charge in [0, 0.05) is 30.8 Å². The topological polar surface area (TPSA) is 104 Å². The van der Waals surface area contributed by atoms with E-state index in [1.54, 1.807) is 13.0 Å². The number of rotatable bonds is 4. The van der Waals surface area contributed by atoms with Crippen LogP contribution < -0.4 is 4.90 Å². The van der Waals surface area contributed by atoms with Gasteiger partial charge in [0.25, 0.3) is 5.69 Å². The van der Waals surface area contributed by atoms with Crippen molar-refractivity contribution >= 4 is 17.3 Å². The van der Waals surface area contributed by atoms with E-state index in [1.165, 1.54) is 12.1 Å². The van der Waals surface area contributed by atoms with Gasteiger partial charge in [0.15, 0.2) is 0 Å². The normalized spacial score (nSPS) is 19.9. The van der Waals surface area contributed by atoms with E-state index in [4.69, 9.17) is 5.11 Å². The van der Waals surface area contributed by atoms with Gasteiger partial charge < -0.3 is 15.1 Å². The smallest absolute Gasteiger partial charge is 0.342 e.